The highest BCUT2D eigenvalue weighted by Gasteiger charge is 2.41. The molecule has 2 fully saturated rings. The molecule has 1 aromatic heterocycles. The standard InChI is InChI=1S/C27H30N2O2/c1-19-4-6-21(7-5-19)27(13-3-14-27)22-8-10-24(11-9-22)31-18-23-12-15-28-25(29-23)20-16-26(2,30)17-20/h4-12,15,20,30H,3,13-14,16-18H2,1-2H3. The molecule has 0 radical (unpaired) electrons. The van der Waals surface area contributed by atoms with Gasteiger partial charge in [0, 0.05) is 17.5 Å². The monoisotopic (exact) mass is 414 g/mol. The maximum absolute atomic E-state index is 9.97. The molecule has 31 heavy (non-hydrogen) atoms. The first-order chi connectivity index (χ1) is 14.9. The molecule has 1 heterocycles. The molecule has 0 amide bonds. The minimum absolute atomic E-state index is 0.151. The van der Waals surface area contributed by atoms with Crippen LogP contribution in [0.1, 0.15) is 73.2 Å². The van der Waals surface area contributed by atoms with Gasteiger partial charge in [0.1, 0.15) is 18.2 Å². The average Bonchev–Trinajstić information content (AvgIpc) is 2.72. The molecule has 0 unspecified atom stereocenters. The van der Waals surface area contributed by atoms with E-state index >= 15 is 0 Å². The van der Waals surface area contributed by atoms with E-state index in [2.05, 4.69) is 65.4 Å². The van der Waals surface area contributed by atoms with Gasteiger partial charge in [-0.15, -0.1) is 0 Å². The van der Waals surface area contributed by atoms with Crippen LogP contribution in [0.15, 0.2) is 60.8 Å². The van der Waals surface area contributed by atoms with Crippen molar-refractivity contribution in [3.8, 4) is 5.75 Å². The van der Waals surface area contributed by atoms with Crippen molar-refractivity contribution in [3.05, 3.63) is 89.0 Å². The Kier molecular flexibility index (Phi) is 5.05. The van der Waals surface area contributed by atoms with Gasteiger partial charge >= 0.3 is 0 Å². The van der Waals surface area contributed by atoms with Crippen LogP contribution in [0.2, 0.25) is 0 Å². The highest BCUT2D eigenvalue weighted by atomic mass is 16.5. The van der Waals surface area contributed by atoms with Crippen LogP contribution in [0.3, 0.4) is 0 Å². The summed E-state index contributed by atoms with van der Waals surface area (Å²) >= 11 is 0. The zero-order valence-electron chi connectivity index (χ0n) is 18.3. The van der Waals surface area contributed by atoms with Gasteiger partial charge in [0.05, 0.1) is 11.3 Å². The Morgan fingerprint density at radius 2 is 1.61 bits per heavy atom. The van der Waals surface area contributed by atoms with Crippen LogP contribution in [-0.4, -0.2) is 20.7 Å². The van der Waals surface area contributed by atoms with Gasteiger partial charge in [0.25, 0.3) is 0 Å². The first-order valence-electron chi connectivity index (χ1n) is 11.3. The third kappa shape index (κ3) is 3.97. The van der Waals surface area contributed by atoms with Crippen molar-refractivity contribution in [3.63, 3.8) is 0 Å². The number of ether oxygens (including phenoxy) is 1. The Balaban J connectivity index is 1.25. The van der Waals surface area contributed by atoms with Gasteiger partial charge in [-0.05, 0) is 68.9 Å². The normalized spacial score (nSPS) is 24.2. The Labute approximate surface area is 184 Å². The smallest absolute Gasteiger partial charge is 0.131 e. The van der Waals surface area contributed by atoms with Crippen LogP contribution in [-0.2, 0) is 12.0 Å². The summed E-state index contributed by atoms with van der Waals surface area (Å²) in [5.41, 5.74) is 4.54. The number of aryl methyl sites for hydroxylation is 1. The summed E-state index contributed by atoms with van der Waals surface area (Å²) in [6.07, 6.45) is 6.92. The number of aliphatic hydroxyl groups is 1. The number of aromatic nitrogens is 2. The Bertz CT molecular complexity index is 1050. The first-order valence-corrected chi connectivity index (χ1v) is 11.3. The van der Waals surface area contributed by atoms with Crippen LogP contribution in [0, 0.1) is 6.92 Å². The lowest BCUT2D eigenvalue weighted by atomic mass is 9.60. The van der Waals surface area contributed by atoms with Crippen LogP contribution >= 0.6 is 0 Å². The highest BCUT2D eigenvalue weighted by Crippen LogP contribution is 2.49. The van der Waals surface area contributed by atoms with Gasteiger partial charge in [0.15, 0.2) is 0 Å². The Hall–Kier alpha value is -2.72. The SMILES string of the molecule is Cc1ccc(C2(c3ccc(OCc4ccnc(C5CC(C)(O)C5)n4)cc3)CCC2)cc1. The lowest BCUT2D eigenvalue weighted by molar-refractivity contribution is -0.0335. The lowest BCUT2D eigenvalue weighted by Crippen LogP contribution is -2.40. The molecule has 2 saturated carbocycles. The van der Waals surface area contributed by atoms with E-state index < -0.39 is 5.60 Å². The van der Waals surface area contributed by atoms with E-state index in [1.165, 1.54) is 36.0 Å². The van der Waals surface area contributed by atoms with E-state index in [0.717, 1.165) is 30.1 Å². The van der Waals surface area contributed by atoms with Gasteiger partial charge < -0.3 is 9.84 Å². The van der Waals surface area contributed by atoms with E-state index in [4.69, 9.17) is 4.74 Å². The third-order valence-electron chi connectivity index (χ3n) is 7.07. The fourth-order valence-electron chi connectivity index (χ4n) is 5.05. The molecule has 0 aliphatic heterocycles. The van der Waals surface area contributed by atoms with Gasteiger partial charge in [-0.1, -0.05) is 48.4 Å². The molecule has 4 heteroatoms. The van der Waals surface area contributed by atoms with Crippen molar-refractivity contribution in [2.24, 2.45) is 0 Å². The van der Waals surface area contributed by atoms with Gasteiger partial charge in [0.2, 0.25) is 0 Å². The topological polar surface area (TPSA) is 55.2 Å². The van der Waals surface area contributed by atoms with Crippen molar-refractivity contribution in [1.29, 1.82) is 0 Å². The molecule has 4 nitrogen and oxygen atoms in total. The second-order valence-corrected chi connectivity index (χ2v) is 9.62. The zero-order chi connectivity index (χ0) is 21.5. The van der Waals surface area contributed by atoms with Crippen molar-refractivity contribution in [2.45, 2.75) is 69.5 Å². The quantitative estimate of drug-likeness (QED) is 0.582. The summed E-state index contributed by atoms with van der Waals surface area (Å²) in [5, 5.41) is 9.97. The zero-order valence-corrected chi connectivity index (χ0v) is 18.3. The minimum Gasteiger partial charge on any atom is -0.487 e. The second kappa shape index (κ2) is 7.76. The minimum atomic E-state index is -0.571. The molecule has 2 aliphatic rings. The number of rotatable bonds is 6. The summed E-state index contributed by atoms with van der Waals surface area (Å²) in [4.78, 5) is 9.05. The fourth-order valence-corrected chi connectivity index (χ4v) is 5.05. The fraction of sp³-hybridized carbons (Fsp3) is 0.407. The largest absolute Gasteiger partial charge is 0.487 e. The Morgan fingerprint density at radius 3 is 2.19 bits per heavy atom. The first kappa shape index (κ1) is 20.2. The second-order valence-electron chi connectivity index (χ2n) is 9.62. The van der Waals surface area contributed by atoms with Crippen molar-refractivity contribution in [2.75, 3.05) is 0 Å². The molecular weight excluding hydrogens is 384 g/mol. The molecule has 2 aliphatic carbocycles. The number of hydrogen-bond donors (Lipinski definition) is 1. The summed E-state index contributed by atoms with van der Waals surface area (Å²) in [6.45, 7) is 4.42. The summed E-state index contributed by atoms with van der Waals surface area (Å²) < 4.78 is 6.02. The molecular formula is C27H30N2O2. The van der Waals surface area contributed by atoms with Crippen LogP contribution in [0.25, 0.3) is 0 Å². The van der Waals surface area contributed by atoms with Crippen molar-refractivity contribution < 1.29 is 9.84 Å². The van der Waals surface area contributed by atoms with Crippen LogP contribution < -0.4 is 4.74 Å². The predicted octanol–water partition coefficient (Wildman–Crippen LogP) is 5.46. The summed E-state index contributed by atoms with van der Waals surface area (Å²) in [6, 6.07) is 19.5. The molecule has 0 spiro atoms. The average molecular weight is 415 g/mol. The van der Waals surface area contributed by atoms with E-state index in [0.29, 0.717) is 6.61 Å². The summed E-state index contributed by atoms with van der Waals surface area (Å²) in [7, 11) is 0. The number of benzene rings is 2. The van der Waals surface area contributed by atoms with E-state index in [9.17, 15) is 5.11 Å². The predicted molar refractivity (Wildman–Crippen MR) is 121 cm³/mol. The molecule has 5 rings (SSSR count). The van der Waals surface area contributed by atoms with Gasteiger partial charge in [-0.2, -0.15) is 0 Å². The molecule has 0 saturated heterocycles. The van der Waals surface area contributed by atoms with E-state index in [1.807, 2.05) is 13.0 Å². The number of hydrogen-bond acceptors (Lipinski definition) is 4. The molecule has 0 bridgehead atoms. The van der Waals surface area contributed by atoms with Gasteiger partial charge in [-0.3, -0.25) is 0 Å². The maximum Gasteiger partial charge on any atom is 0.131 e. The summed E-state index contributed by atoms with van der Waals surface area (Å²) in [5.74, 6) is 1.91. The molecule has 0 atom stereocenters. The Morgan fingerprint density at radius 1 is 0.968 bits per heavy atom. The lowest BCUT2D eigenvalue weighted by Gasteiger charge is -2.43. The third-order valence-corrected chi connectivity index (χ3v) is 7.07. The molecule has 3 aromatic rings. The van der Waals surface area contributed by atoms with Crippen molar-refractivity contribution >= 4 is 0 Å². The van der Waals surface area contributed by atoms with Crippen LogP contribution in [0.5, 0.6) is 5.75 Å². The van der Waals surface area contributed by atoms with E-state index in [1.54, 1.807) is 6.20 Å². The van der Waals surface area contributed by atoms with Crippen LogP contribution in [0.4, 0.5) is 0 Å². The molecule has 1 N–H and O–H groups in total. The molecule has 2 aromatic carbocycles. The maximum atomic E-state index is 9.97. The van der Waals surface area contributed by atoms with E-state index in [-0.39, 0.29) is 11.3 Å². The highest BCUT2D eigenvalue weighted by molar-refractivity contribution is 5.44. The van der Waals surface area contributed by atoms with Crippen molar-refractivity contribution in [1.82, 2.24) is 9.97 Å². The molecule has 160 valence electrons. The number of nitrogens with zero attached hydrogens (tertiary/aromatic N) is 2. The van der Waals surface area contributed by atoms with Gasteiger partial charge in [-0.25, -0.2) is 9.97 Å².